The lowest BCUT2D eigenvalue weighted by molar-refractivity contribution is -0.118. The molecular weight excluding hydrogens is 380 g/mol. The first-order chi connectivity index (χ1) is 14.6. The molecule has 0 bridgehead atoms. The summed E-state index contributed by atoms with van der Waals surface area (Å²) in [6.07, 6.45) is 0. The number of rotatable bonds is 8. The van der Waals surface area contributed by atoms with Gasteiger partial charge >= 0.3 is 0 Å². The van der Waals surface area contributed by atoms with Crippen LogP contribution in [0.4, 0.5) is 5.69 Å². The first-order valence-corrected chi connectivity index (χ1v) is 9.55. The number of nitrogens with one attached hydrogen (secondary N) is 2. The summed E-state index contributed by atoms with van der Waals surface area (Å²) in [6, 6.07) is 21.9. The minimum atomic E-state index is -0.375. The highest BCUT2D eigenvalue weighted by Crippen LogP contribution is 2.25. The van der Waals surface area contributed by atoms with Crippen molar-refractivity contribution in [2.45, 2.75) is 13.5 Å². The molecular formula is C24H24N2O4. The van der Waals surface area contributed by atoms with Crippen molar-refractivity contribution in [3.8, 4) is 11.5 Å². The number of benzene rings is 3. The normalized spacial score (nSPS) is 10.2. The van der Waals surface area contributed by atoms with Crippen LogP contribution in [0.15, 0.2) is 72.8 Å². The van der Waals surface area contributed by atoms with Gasteiger partial charge < -0.3 is 20.1 Å². The molecule has 0 aliphatic carbocycles. The lowest BCUT2D eigenvalue weighted by Crippen LogP contribution is -2.26. The molecule has 0 atom stereocenters. The highest BCUT2D eigenvalue weighted by atomic mass is 16.5. The van der Waals surface area contributed by atoms with Crippen molar-refractivity contribution in [2.75, 3.05) is 19.0 Å². The summed E-state index contributed by atoms with van der Waals surface area (Å²) >= 11 is 0. The van der Waals surface area contributed by atoms with Crippen molar-refractivity contribution >= 4 is 17.5 Å². The third kappa shape index (κ3) is 5.61. The number of anilines is 1. The second-order valence-electron chi connectivity index (χ2n) is 6.70. The average Bonchev–Trinajstić information content (AvgIpc) is 2.77. The van der Waals surface area contributed by atoms with Gasteiger partial charge in [-0.1, -0.05) is 54.1 Å². The second-order valence-corrected chi connectivity index (χ2v) is 6.70. The van der Waals surface area contributed by atoms with Gasteiger partial charge in [-0.25, -0.2) is 0 Å². The van der Waals surface area contributed by atoms with Gasteiger partial charge in [0.25, 0.3) is 11.8 Å². The molecule has 3 aromatic rings. The van der Waals surface area contributed by atoms with Crippen LogP contribution in [0, 0.1) is 6.92 Å². The van der Waals surface area contributed by atoms with E-state index in [-0.39, 0.29) is 18.4 Å². The number of carbonyl (C=O) groups is 2. The molecule has 0 radical (unpaired) electrons. The standard InChI is InChI=1S/C24H24N2O4/c1-17-11-13-18(14-12-17)15-25-24(28)19-7-3-4-8-20(19)26-23(27)16-30-22-10-6-5-9-21(22)29-2/h3-14H,15-16H2,1-2H3,(H,25,28)(H,26,27). The Hall–Kier alpha value is -3.80. The number of amides is 2. The van der Waals surface area contributed by atoms with Crippen molar-refractivity contribution < 1.29 is 19.1 Å². The summed E-state index contributed by atoms with van der Waals surface area (Å²) in [5.74, 6) is 0.372. The number of aryl methyl sites for hydroxylation is 1. The maximum absolute atomic E-state index is 12.6. The summed E-state index contributed by atoms with van der Waals surface area (Å²) in [5.41, 5.74) is 2.97. The topological polar surface area (TPSA) is 76.7 Å². The van der Waals surface area contributed by atoms with E-state index in [1.54, 1.807) is 42.5 Å². The van der Waals surface area contributed by atoms with Crippen LogP contribution in [0.3, 0.4) is 0 Å². The van der Waals surface area contributed by atoms with Gasteiger partial charge in [-0.2, -0.15) is 0 Å². The van der Waals surface area contributed by atoms with Gasteiger partial charge in [-0.3, -0.25) is 9.59 Å². The number of carbonyl (C=O) groups excluding carboxylic acids is 2. The minimum absolute atomic E-state index is 0.209. The van der Waals surface area contributed by atoms with Crippen LogP contribution in [0.2, 0.25) is 0 Å². The van der Waals surface area contributed by atoms with Crippen LogP contribution < -0.4 is 20.1 Å². The quantitative estimate of drug-likeness (QED) is 0.596. The van der Waals surface area contributed by atoms with Gasteiger partial charge in [0.1, 0.15) is 0 Å². The fourth-order valence-electron chi connectivity index (χ4n) is 2.84. The zero-order valence-corrected chi connectivity index (χ0v) is 17.0. The van der Waals surface area contributed by atoms with Gasteiger partial charge in [0.2, 0.25) is 0 Å². The Kier molecular flexibility index (Phi) is 7.05. The highest BCUT2D eigenvalue weighted by molar-refractivity contribution is 6.04. The average molecular weight is 404 g/mol. The van der Waals surface area contributed by atoms with Gasteiger partial charge in [-0.05, 0) is 36.8 Å². The molecule has 0 spiro atoms. The molecule has 6 nitrogen and oxygen atoms in total. The molecule has 30 heavy (non-hydrogen) atoms. The maximum atomic E-state index is 12.6. The predicted octanol–water partition coefficient (Wildman–Crippen LogP) is 3.95. The van der Waals surface area contributed by atoms with Gasteiger partial charge in [-0.15, -0.1) is 0 Å². The van der Waals surface area contributed by atoms with Crippen molar-refractivity contribution in [1.29, 1.82) is 0 Å². The first kappa shape index (κ1) is 20.9. The van der Waals surface area contributed by atoms with Crippen LogP contribution in [0.5, 0.6) is 11.5 Å². The van der Waals surface area contributed by atoms with Crippen molar-refractivity contribution in [3.63, 3.8) is 0 Å². The minimum Gasteiger partial charge on any atom is -0.493 e. The fraction of sp³-hybridized carbons (Fsp3) is 0.167. The monoisotopic (exact) mass is 404 g/mol. The maximum Gasteiger partial charge on any atom is 0.262 e. The summed E-state index contributed by atoms with van der Waals surface area (Å²) < 4.78 is 10.7. The molecule has 0 heterocycles. The number of ether oxygens (including phenoxy) is 2. The smallest absolute Gasteiger partial charge is 0.262 e. The summed E-state index contributed by atoms with van der Waals surface area (Å²) in [6.45, 7) is 2.21. The Morgan fingerprint density at radius 2 is 1.53 bits per heavy atom. The molecule has 0 fully saturated rings. The van der Waals surface area contributed by atoms with Crippen LogP contribution in [-0.4, -0.2) is 25.5 Å². The van der Waals surface area contributed by atoms with Crippen molar-refractivity contribution in [3.05, 3.63) is 89.5 Å². The van der Waals surface area contributed by atoms with Crippen LogP contribution in [0.25, 0.3) is 0 Å². The zero-order valence-electron chi connectivity index (χ0n) is 17.0. The van der Waals surface area contributed by atoms with E-state index in [4.69, 9.17) is 9.47 Å². The lowest BCUT2D eigenvalue weighted by Gasteiger charge is -2.13. The Labute approximate surface area is 175 Å². The van der Waals surface area contributed by atoms with Crippen molar-refractivity contribution in [1.82, 2.24) is 5.32 Å². The molecule has 6 heteroatoms. The molecule has 3 rings (SSSR count). The van der Waals surface area contributed by atoms with E-state index in [0.717, 1.165) is 11.1 Å². The van der Waals surface area contributed by atoms with Crippen LogP contribution in [0.1, 0.15) is 21.5 Å². The molecule has 3 aromatic carbocycles. The molecule has 0 unspecified atom stereocenters. The van der Waals surface area contributed by atoms with E-state index in [2.05, 4.69) is 10.6 Å². The van der Waals surface area contributed by atoms with E-state index >= 15 is 0 Å². The molecule has 0 aliphatic heterocycles. The highest BCUT2D eigenvalue weighted by Gasteiger charge is 2.14. The number of methoxy groups -OCH3 is 1. The molecule has 2 N–H and O–H groups in total. The summed E-state index contributed by atoms with van der Waals surface area (Å²) in [4.78, 5) is 25.0. The molecule has 154 valence electrons. The molecule has 2 amide bonds. The summed E-state index contributed by atoms with van der Waals surface area (Å²) in [7, 11) is 1.54. The fourth-order valence-corrected chi connectivity index (χ4v) is 2.84. The molecule has 0 aromatic heterocycles. The Morgan fingerprint density at radius 1 is 0.867 bits per heavy atom. The second kappa shape index (κ2) is 10.1. The molecule has 0 saturated heterocycles. The third-order valence-corrected chi connectivity index (χ3v) is 4.45. The van der Waals surface area contributed by atoms with E-state index in [0.29, 0.717) is 29.3 Å². The first-order valence-electron chi connectivity index (χ1n) is 9.55. The van der Waals surface area contributed by atoms with Crippen molar-refractivity contribution in [2.24, 2.45) is 0 Å². The Bertz CT molecular complexity index is 1020. The molecule has 0 saturated carbocycles. The predicted molar refractivity (Wildman–Crippen MR) is 116 cm³/mol. The summed E-state index contributed by atoms with van der Waals surface area (Å²) in [5, 5.41) is 5.62. The Morgan fingerprint density at radius 3 is 2.27 bits per heavy atom. The molecule has 0 aliphatic rings. The van der Waals surface area contributed by atoms with Gasteiger partial charge in [0, 0.05) is 6.54 Å². The number of para-hydroxylation sites is 3. The van der Waals surface area contributed by atoms with E-state index in [1.807, 2.05) is 37.3 Å². The van der Waals surface area contributed by atoms with E-state index < -0.39 is 0 Å². The largest absolute Gasteiger partial charge is 0.493 e. The number of hydrogen-bond acceptors (Lipinski definition) is 4. The lowest BCUT2D eigenvalue weighted by atomic mass is 10.1. The van der Waals surface area contributed by atoms with Crippen LogP contribution in [-0.2, 0) is 11.3 Å². The SMILES string of the molecule is COc1ccccc1OCC(=O)Nc1ccccc1C(=O)NCc1ccc(C)cc1. The van der Waals surface area contributed by atoms with Gasteiger partial charge in [0.15, 0.2) is 18.1 Å². The van der Waals surface area contributed by atoms with Gasteiger partial charge in [0.05, 0.1) is 18.4 Å². The number of hydrogen-bond donors (Lipinski definition) is 2. The van der Waals surface area contributed by atoms with Crippen LogP contribution >= 0.6 is 0 Å². The zero-order chi connectivity index (χ0) is 21.3. The third-order valence-electron chi connectivity index (χ3n) is 4.45. The van der Waals surface area contributed by atoms with E-state index in [1.165, 1.54) is 7.11 Å². The van der Waals surface area contributed by atoms with E-state index in [9.17, 15) is 9.59 Å². The Balaban J connectivity index is 1.60.